The lowest BCUT2D eigenvalue weighted by atomic mass is 10.1. The maximum absolute atomic E-state index is 11.7. The van der Waals surface area contributed by atoms with Gasteiger partial charge in [0.2, 0.25) is 5.95 Å². The molecule has 1 aliphatic rings. The van der Waals surface area contributed by atoms with Crippen molar-refractivity contribution in [2.24, 2.45) is 5.73 Å². The number of thiophene rings is 1. The van der Waals surface area contributed by atoms with Gasteiger partial charge in [0.1, 0.15) is 9.71 Å². The summed E-state index contributed by atoms with van der Waals surface area (Å²) in [6.45, 7) is 1.28. The molecule has 2 aromatic heterocycles. The topological polar surface area (TPSA) is 116 Å². The van der Waals surface area contributed by atoms with E-state index in [9.17, 15) is 4.79 Å². The number of hydrogen-bond acceptors (Lipinski definition) is 7. The number of nitrogens with zero attached hydrogens (tertiary/aromatic N) is 2. The number of nitrogens with one attached hydrogen (secondary N) is 1. The van der Waals surface area contributed by atoms with Gasteiger partial charge in [-0.25, -0.2) is 9.97 Å². The minimum Gasteiger partial charge on any atom is -0.397 e. The number of aromatic nitrogens is 2. The summed E-state index contributed by atoms with van der Waals surface area (Å²) in [4.78, 5) is 21.7. The number of benzene rings is 1. The van der Waals surface area contributed by atoms with E-state index in [-0.39, 0.29) is 16.6 Å². The maximum Gasteiger partial charge on any atom is 0.260 e. The first-order valence-corrected chi connectivity index (χ1v) is 9.71. The number of amides is 1. The Morgan fingerprint density at radius 1 is 1.30 bits per heavy atom. The number of rotatable bonds is 4. The average molecular weight is 424 g/mol. The Balaban J connectivity index is 1.91. The summed E-state index contributed by atoms with van der Waals surface area (Å²) in [6.07, 6.45) is 0.864. The molecule has 5 N–H and O–H groups in total. The maximum atomic E-state index is 11.7. The fraction of sp³-hybridized carbons (Fsp3) is 0.235. The van der Waals surface area contributed by atoms with Crippen LogP contribution in [0.1, 0.15) is 16.1 Å². The number of carbonyl (C=O) groups excluding carboxylic acids is 1. The highest BCUT2D eigenvalue weighted by Crippen LogP contribution is 2.40. The van der Waals surface area contributed by atoms with Crippen molar-refractivity contribution in [1.82, 2.24) is 9.97 Å². The van der Waals surface area contributed by atoms with Crippen LogP contribution in [0.5, 0.6) is 0 Å². The zero-order valence-corrected chi connectivity index (χ0v) is 16.3. The average Bonchev–Trinajstić information content (AvgIpc) is 3.25. The Morgan fingerprint density at radius 2 is 2.11 bits per heavy atom. The number of fused-ring (bicyclic) bond motifs is 1. The number of nitrogens with two attached hydrogens (primary N) is 2. The SMILES string of the molecule is NC(=O)c1sc2nc(N[C@H]3CCOC3)nc(-c3ccc(Cl)c(Cl)c3)c2c1N. The van der Waals surface area contributed by atoms with Crippen LogP contribution in [0.4, 0.5) is 11.6 Å². The molecule has 1 amide bonds. The second kappa shape index (κ2) is 7.12. The van der Waals surface area contributed by atoms with Crippen LogP contribution < -0.4 is 16.8 Å². The summed E-state index contributed by atoms with van der Waals surface area (Å²) in [5.41, 5.74) is 13.2. The summed E-state index contributed by atoms with van der Waals surface area (Å²) in [5.74, 6) is -0.175. The predicted octanol–water partition coefficient (Wildman–Crippen LogP) is 3.55. The molecular weight excluding hydrogens is 409 g/mol. The van der Waals surface area contributed by atoms with Crippen molar-refractivity contribution in [1.29, 1.82) is 0 Å². The Kier molecular flexibility index (Phi) is 4.81. The van der Waals surface area contributed by atoms with Gasteiger partial charge in [-0.05, 0) is 18.6 Å². The van der Waals surface area contributed by atoms with Gasteiger partial charge in [-0.2, -0.15) is 0 Å². The number of nitrogen functional groups attached to an aromatic ring is 1. The molecule has 0 radical (unpaired) electrons. The van der Waals surface area contributed by atoms with Crippen molar-refractivity contribution in [3.8, 4) is 11.3 Å². The number of halogens is 2. The smallest absolute Gasteiger partial charge is 0.260 e. The molecule has 3 aromatic rings. The van der Waals surface area contributed by atoms with Crippen molar-refractivity contribution in [2.75, 3.05) is 24.3 Å². The van der Waals surface area contributed by atoms with Crippen LogP contribution in [0.2, 0.25) is 10.0 Å². The molecule has 4 rings (SSSR count). The number of ether oxygens (including phenoxy) is 1. The molecule has 27 heavy (non-hydrogen) atoms. The van der Waals surface area contributed by atoms with Crippen LogP contribution >= 0.6 is 34.5 Å². The molecule has 1 aliphatic heterocycles. The lowest BCUT2D eigenvalue weighted by Gasteiger charge is -2.13. The molecule has 140 valence electrons. The first-order chi connectivity index (χ1) is 12.9. The van der Waals surface area contributed by atoms with Crippen molar-refractivity contribution < 1.29 is 9.53 Å². The van der Waals surface area contributed by atoms with E-state index in [0.29, 0.717) is 50.7 Å². The van der Waals surface area contributed by atoms with Gasteiger partial charge in [0.15, 0.2) is 0 Å². The Morgan fingerprint density at radius 3 is 2.78 bits per heavy atom. The van der Waals surface area contributed by atoms with E-state index in [1.54, 1.807) is 18.2 Å². The van der Waals surface area contributed by atoms with Gasteiger partial charge >= 0.3 is 0 Å². The highest BCUT2D eigenvalue weighted by Gasteiger charge is 2.23. The molecule has 1 saturated heterocycles. The Labute approximate surface area is 168 Å². The zero-order chi connectivity index (χ0) is 19.1. The van der Waals surface area contributed by atoms with Gasteiger partial charge < -0.3 is 21.5 Å². The van der Waals surface area contributed by atoms with Gasteiger partial charge in [-0.1, -0.05) is 29.3 Å². The monoisotopic (exact) mass is 423 g/mol. The molecule has 1 aromatic carbocycles. The van der Waals surface area contributed by atoms with E-state index in [2.05, 4.69) is 15.3 Å². The molecule has 0 saturated carbocycles. The summed E-state index contributed by atoms with van der Waals surface area (Å²) in [5, 5.41) is 4.67. The molecule has 0 bridgehead atoms. The molecule has 3 heterocycles. The first kappa shape index (κ1) is 18.2. The van der Waals surface area contributed by atoms with Crippen LogP contribution in [-0.2, 0) is 4.74 Å². The van der Waals surface area contributed by atoms with Crippen LogP contribution in [0.25, 0.3) is 21.5 Å². The lowest BCUT2D eigenvalue weighted by molar-refractivity contribution is 0.100. The van der Waals surface area contributed by atoms with Crippen LogP contribution in [0, 0.1) is 0 Å². The second-order valence-electron chi connectivity index (χ2n) is 6.12. The summed E-state index contributed by atoms with van der Waals surface area (Å²) in [7, 11) is 0. The van der Waals surface area contributed by atoms with E-state index >= 15 is 0 Å². The van der Waals surface area contributed by atoms with Gasteiger partial charge in [0.05, 0.1) is 39.5 Å². The van der Waals surface area contributed by atoms with E-state index < -0.39 is 5.91 Å². The van der Waals surface area contributed by atoms with Crippen molar-refractivity contribution in [3.63, 3.8) is 0 Å². The Bertz CT molecular complexity index is 1050. The summed E-state index contributed by atoms with van der Waals surface area (Å²) < 4.78 is 5.39. The molecule has 7 nitrogen and oxygen atoms in total. The molecule has 0 aliphatic carbocycles. The normalized spacial score (nSPS) is 16.7. The molecule has 1 atom stereocenters. The van der Waals surface area contributed by atoms with Crippen LogP contribution in [0.3, 0.4) is 0 Å². The quantitative estimate of drug-likeness (QED) is 0.590. The first-order valence-electron chi connectivity index (χ1n) is 8.13. The van der Waals surface area contributed by atoms with Crippen LogP contribution in [-0.4, -0.2) is 35.1 Å². The molecule has 0 unspecified atom stereocenters. The second-order valence-corrected chi connectivity index (χ2v) is 7.93. The number of primary amides is 1. The zero-order valence-electron chi connectivity index (χ0n) is 14.0. The van der Waals surface area contributed by atoms with Crippen molar-refractivity contribution >= 4 is 62.3 Å². The van der Waals surface area contributed by atoms with Gasteiger partial charge in [0, 0.05) is 12.2 Å². The molecule has 0 spiro atoms. The third-order valence-electron chi connectivity index (χ3n) is 4.27. The van der Waals surface area contributed by atoms with E-state index in [1.807, 2.05) is 0 Å². The highest BCUT2D eigenvalue weighted by molar-refractivity contribution is 7.21. The minimum atomic E-state index is -0.603. The van der Waals surface area contributed by atoms with Gasteiger partial charge in [-0.3, -0.25) is 4.79 Å². The summed E-state index contributed by atoms with van der Waals surface area (Å²) >= 11 is 13.3. The highest BCUT2D eigenvalue weighted by atomic mass is 35.5. The van der Waals surface area contributed by atoms with Crippen LogP contribution in [0.15, 0.2) is 18.2 Å². The third-order valence-corrected chi connectivity index (χ3v) is 6.12. The van der Waals surface area contributed by atoms with Gasteiger partial charge in [0.25, 0.3) is 5.91 Å². The number of anilines is 2. The largest absolute Gasteiger partial charge is 0.397 e. The molecule has 10 heteroatoms. The van der Waals surface area contributed by atoms with E-state index in [1.165, 1.54) is 0 Å². The predicted molar refractivity (Wildman–Crippen MR) is 109 cm³/mol. The standard InChI is InChI=1S/C17H15Cl2N5O2S/c18-9-2-1-7(5-10(9)19)13-11-12(20)14(15(21)25)27-16(11)24-17(23-13)22-8-3-4-26-6-8/h1-2,5,8H,3-4,6,20H2,(H2,21,25)(H,22,23,24)/t8-/m0/s1. The Hall–Kier alpha value is -2.13. The number of carbonyl (C=O) groups is 1. The fourth-order valence-electron chi connectivity index (χ4n) is 2.95. The van der Waals surface area contributed by atoms with E-state index in [4.69, 9.17) is 39.4 Å². The number of hydrogen-bond donors (Lipinski definition) is 3. The lowest BCUT2D eigenvalue weighted by Crippen LogP contribution is -2.20. The molecular formula is C17H15Cl2N5O2S. The third kappa shape index (κ3) is 3.41. The minimum absolute atomic E-state index is 0.122. The molecule has 1 fully saturated rings. The van der Waals surface area contributed by atoms with Crippen molar-refractivity contribution in [2.45, 2.75) is 12.5 Å². The van der Waals surface area contributed by atoms with Gasteiger partial charge in [-0.15, -0.1) is 11.3 Å². The van der Waals surface area contributed by atoms with Crippen molar-refractivity contribution in [3.05, 3.63) is 33.1 Å². The van der Waals surface area contributed by atoms with E-state index in [0.717, 1.165) is 17.8 Å². The summed E-state index contributed by atoms with van der Waals surface area (Å²) in [6, 6.07) is 5.30. The fourth-order valence-corrected chi connectivity index (χ4v) is 4.20.